The van der Waals surface area contributed by atoms with Crippen LogP contribution in [0.25, 0.3) is 0 Å². The van der Waals surface area contributed by atoms with Crippen LogP contribution in [0.1, 0.15) is 19.8 Å². The number of hydrogen-bond donors (Lipinski definition) is 3. The molecule has 0 aromatic heterocycles. The molecule has 2 unspecified atom stereocenters. The zero-order valence-corrected chi connectivity index (χ0v) is 17.2. The van der Waals surface area contributed by atoms with Crippen molar-refractivity contribution in [3.05, 3.63) is 24.3 Å². The molecule has 3 aliphatic heterocycles. The van der Waals surface area contributed by atoms with Gasteiger partial charge in [-0.25, -0.2) is 4.79 Å². The minimum atomic E-state index is -2.40. The largest absolute Gasteiger partial charge is 0.494 e. The van der Waals surface area contributed by atoms with Crippen molar-refractivity contribution >= 4 is 22.3 Å². The normalized spacial score (nSPS) is 28.1. The molecule has 2 atom stereocenters. The number of urea groups is 1. The Hall–Kier alpha value is -1.64. The van der Waals surface area contributed by atoms with Gasteiger partial charge in [-0.1, -0.05) is 0 Å². The van der Waals surface area contributed by atoms with Crippen LogP contribution in [-0.4, -0.2) is 70.4 Å². The molecule has 2 amide bonds. The predicted octanol–water partition coefficient (Wildman–Crippen LogP) is 3.08. The van der Waals surface area contributed by atoms with E-state index in [1.165, 1.54) is 5.69 Å². The molecule has 4 rings (SSSR count). The number of anilines is 1. The maximum atomic E-state index is 12.6. The molecule has 7 nitrogen and oxygen atoms in total. The van der Waals surface area contributed by atoms with Crippen LogP contribution < -0.4 is 15.0 Å². The molecular formula is C20H31N3O4S. The molecule has 3 aliphatic rings. The lowest BCUT2D eigenvalue weighted by atomic mass is 10.0. The monoisotopic (exact) mass is 409 g/mol. The summed E-state index contributed by atoms with van der Waals surface area (Å²) in [6.45, 7) is 6.21. The summed E-state index contributed by atoms with van der Waals surface area (Å²) in [4.78, 5) is 17.0. The Morgan fingerprint density at radius 2 is 1.71 bits per heavy atom. The average Bonchev–Trinajstić information content (AvgIpc) is 3.24. The minimum absolute atomic E-state index is 0.00500. The van der Waals surface area contributed by atoms with Crippen LogP contribution in [0.15, 0.2) is 24.3 Å². The molecular weight excluding hydrogens is 378 g/mol. The highest BCUT2D eigenvalue weighted by Crippen LogP contribution is 2.44. The number of ether oxygens (including phenoxy) is 1. The number of likely N-dealkylation sites (tertiary alicyclic amines) is 1. The van der Waals surface area contributed by atoms with Crippen molar-refractivity contribution in [3.8, 4) is 5.75 Å². The Labute approximate surface area is 168 Å². The standard InChI is InChI=1S/C20H31N3O4S/c1-2-27-19-5-3-18(4-6-19)22-11-15-13-23(14-16(15)12-22)20(24)21-17-7-9-28(25,26)10-8-17/h3-6,15-17,25-26H,2,7-14H2,1H3,(H,21,24). The molecule has 3 fully saturated rings. The summed E-state index contributed by atoms with van der Waals surface area (Å²) in [7, 11) is -2.40. The molecule has 0 bridgehead atoms. The van der Waals surface area contributed by atoms with Crippen molar-refractivity contribution in [1.29, 1.82) is 0 Å². The molecule has 28 heavy (non-hydrogen) atoms. The van der Waals surface area contributed by atoms with Gasteiger partial charge in [-0.05, 0) is 44.0 Å². The topological polar surface area (TPSA) is 85.3 Å². The van der Waals surface area contributed by atoms with Gasteiger partial charge in [0.05, 0.1) is 6.61 Å². The van der Waals surface area contributed by atoms with E-state index in [-0.39, 0.29) is 12.1 Å². The number of nitrogens with zero attached hydrogens (tertiary/aromatic N) is 2. The summed E-state index contributed by atoms with van der Waals surface area (Å²) in [5, 5.41) is 3.10. The second-order valence-electron chi connectivity index (χ2n) is 8.19. The fourth-order valence-corrected chi connectivity index (χ4v) is 6.14. The van der Waals surface area contributed by atoms with Crippen molar-refractivity contribution in [2.75, 3.05) is 49.2 Å². The summed E-state index contributed by atoms with van der Waals surface area (Å²) in [6.07, 6.45) is 1.31. The summed E-state index contributed by atoms with van der Waals surface area (Å²) >= 11 is 0. The number of fused-ring (bicyclic) bond motifs is 1. The van der Waals surface area contributed by atoms with Gasteiger partial charge in [0, 0.05) is 61.2 Å². The van der Waals surface area contributed by atoms with E-state index in [1.54, 1.807) is 0 Å². The van der Waals surface area contributed by atoms with E-state index in [0.29, 0.717) is 42.8 Å². The van der Waals surface area contributed by atoms with Gasteiger partial charge >= 0.3 is 6.03 Å². The van der Waals surface area contributed by atoms with Crippen molar-refractivity contribution in [1.82, 2.24) is 10.2 Å². The Morgan fingerprint density at radius 1 is 1.11 bits per heavy atom. The van der Waals surface area contributed by atoms with Gasteiger partial charge in [-0.2, -0.15) is 10.6 Å². The molecule has 1 aromatic rings. The lowest BCUT2D eigenvalue weighted by Gasteiger charge is -2.39. The fourth-order valence-electron chi connectivity index (χ4n) is 4.61. The quantitative estimate of drug-likeness (QED) is 0.712. The van der Waals surface area contributed by atoms with Crippen molar-refractivity contribution < 1.29 is 18.6 Å². The summed E-state index contributed by atoms with van der Waals surface area (Å²) < 4.78 is 24.9. The van der Waals surface area contributed by atoms with Gasteiger partial charge in [-0.3, -0.25) is 9.11 Å². The maximum absolute atomic E-state index is 12.6. The maximum Gasteiger partial charge on any atom is 0.317 e. The van der Waals surface area contributed by atoms with Crippen LogP contribution in [0.2, 0.25) is 0 Å². The Morgan fingerprint density at radius 3 is 2.29 bits per heavy atom. The molecule has 156 valence electrons. The van der Waals surface area contributed by atoms with Gasteiger partial charge in [0.15, 0.2) is 0 Å². The first kappa shape index (κ1) is 19.7. The summed E-state index contributed by atoms with van der Waals surface area (Å²) in [6, 6.07) is 8.34. The SMILES string of the molecule is CCOc1ccc(N2CC3CN(C(=O)NC4CCS(O)(O)CC4)CC3C2)cc1. The third-order valence-corrected chi connectivity index (χ3v) is 7.98. The molecule has 0 radical (unpaired) electrons. The highest BCUT2D eigenvalue weighted by Gasteiger charge is 2.42. The molecule has 1 aromatic carbocycles. The third kappa shape index (κ3) is 4.34. The van der Waals surface area contributed by atoms with Crippen LogP contribution in [0.5, 0.6) is 5.75 Å². The number of carbonyl (C=O) groups is 1. The van der Waals surface area contributed by atoms with Gasteiger partial charge in [0.1, 0.15) is 5.75 Å². The van der Waals surface area contributed by atoms with Crippen molar-refractivity contribution in [2.24, 2.45) is 11.8 Å². The van der Waals surface area contributed by atoms with Gasteiger partial charge < -0.3 is 19.9 Å². The zero-order valence-electron chi connectivity index (χ0n) is 16.4. The van der Waals surface area contributed by atoms with E-state index < -0.39 is 10.6 Å². The van der Waals surface area contributed by atoms with E-state index in [9.17, 15) is 13.9 Å². The van der Waals surface area contributed by atoms with Crippen LogP contribution in [-0.2, 0) is 0 Å². The Balaban J connectivity index is 1.26. The summed E-state index contributed by atoms with van der Waals surface area (Å²) in [5.74, 6) is 2.73. The average molecular weight is 410 g/mol. The number of amides is 2. The first-order chi connectivity index (χ1) is 13.4. The van der Waals surface area contributed by atoms with Gasteiger partial charge in [-0.15, -0.1) is 0 Å². The molecule has 3 N–H and O–H groups in total. The fraction of sp³-hybridized carbons (Fsp3) is 0.650. The Kier molecular flexibility index (Phi) is 5.62. The van der Waals surface area contributed by atoms with Crippen LogP contribution in [0.4, 0.5) is 10.5 Å². The lowest BCUT2D eigenvalue weighted by molar-refractivity contribution is 0.200. The molecule has 0 saturated carbocycles. The number of benzene rings is 1. The molecule has 3 heterocycles. The van der Waals surface area contributed by atoms with E-state index in [4.69, 9.17) is 4.74 Å². The van der Waals surface area contributed by atoms with E-state index in [2.05, 4.69) is 22.3 Å². The van der Waals surface area contributed by atoms with Crippen molar-refractivity contribution in [3.63, 3.8) is 0 Å². The first-order valence-electron chi connectivity index (χ1n) is 10.2. The molecule has 8 heteroatoms. The van der Waals surface area contributed by atoms with Crippen LogP contribution in [0.3, 0.4) is 0 Å². The zero-order chi connectivity index (χ0) is 19.7. The Bertz CT molecular complexity index is 675. The van der Waals surface area contributed by atoms with Crippen LogP contribution in [0, 0.1) is 11.8 Å². The smallest absolute Gasteiger partial charge is 0.317 e. The van der Waals surface area contributed by atoms with E-state index in [0.717, 1.165) is 31.9 Å². The molecule has 0 aliphatic carbocycles. The highest BCUT2D eigenvalue weighted by molar-refractivity contribution is 8.24. The minimum Gasteiger partial charge on any atom is -0.494 e. The predicted molar refractivity (Wildman–Crippen MR) is 113 cm³/mol. The highest BCUT2D eigenvalue weighted by atomic mass is 32.3. The number of carbonyl (C=O) groups excluding carboxylic acids is 1. The number of rotatable bonds is 4. The number of nitrogens with one attached hydrogen (secondary N) is 1. The third-order valence-electron chi connectivity index (χ3n) is 6.20. The van der Waals surface area contributed by atoms with Gasteiger partial charge in [0.25, 0.3) is 0 Å². The van der Waals surface area contributed by atoms with E-state index in [1.807, 2.05) is 24.0 Å². The van der Waals surface area contributed by atoms with E-state index >= 15 is 0 Å². The second-order valence-corrected chi connectivity index (χ2v) is 10.6. The second kappa shape index (κ2) is 8.00. The molecule has 3 saturated heterocycles. The first-order valence-corrected chi connectivity index (χ1v) is 12.1. The van der Waals surface area contributed by atoms with Crippen molar-refractivity contribution in [2.45, 2.75) is 25.8 Å². The van der Waals surface area contributed by atoms with Gasteiger partial charge in [0.2, 0.25) is 0 Å². The lowest BCUT2D eigenvalue weighted by Crippen LogP contribution is -2.47. The summed E-state index contributed by atoms with van der Waals surface area (Å²) in [5.41, 5.74) is 1.22. The number of hydrogen-bond acceptors (Lipinski definition) is 5. The van der Waals surface area contributed by atoms with Crippen LogP contribution >= 0.6 is 10.6 Å². The molecule has 0 spiro atoms.